The number of halogens is 2. The summed E-state index contributed by atoms with van der Waals surface area (Å²) in [4.78, 5) is 19.2. The van der Waals surface area contributed by atoms with Crippen LogP contribution < -0.4 is 5.32 Å². The molecule has 0 saturated carbocycles. The molecule has 1 atom stereocenters. The van der Waals surface area contributed by atoms with Gasteiger partial charge in [-0.2, -0.15) is 0 Å². The van der Waals surface area contributed by atoms with Crippen molar-refractivity contribution in [2.75, 3.05) is 19.6 Å². The Morgan fingerprint density at radius 2 is 2.19 bits per heavy atom. The predicted octanol–water partition coefficient (Wildman–Crippen LogP) is 3.39. The Morgan fingerprint density at radius 1 is 1.38 bits per heavy atom. The van der Waals surface area contributed by atoms with Crippen LogP contribution in [-0.2, 0) is 0 Å². The van der Waals surface area contributed by atoms with Crippen molar-refractivity contribution in [2.24, 2.45) is 0 Å². The maximum Gasteiger partial charge on any atom is 0.257 e. The standard InChI is InChI=1S/C18H17ClN4O2.ClH/c1-11-14-8-12(9-21-17(14)25-22-11)18(24)23-7-6-20-10-16(23)13-4-2-3-5-15(13)19;/h2-5,8-9,16,20H,6-7,10H2,1H3;1H. The summed E-state index contributed by atoms with van der Waals surface area (Å²) in [5, 5.41) is 8.66. The summed E-state index contributed by atoms with van der Waals surface area (Å²) < 4.78 is 5.12. The minimum atomic E-state index is -0.116. The molecule has 2 aromatic heterocycles. The Hall–Kier alpha value is -2.15. The van der Waals surface area contributed by atoms with E-state index in [1.807, 2.05) is 36.1 Å². The second-order valence-electron chi connectivity index (χ2n) is 6.08. The molecule has 8 heteroatoms. The summed E-state index contributed by atoms with van der Waals surface area (Å²) in [6.07, 6.45) is 1.54. The van der Waals surface area contributed by atoms with E-state index in [-0.39, 0.29) is 24.4 Å². The van der Waals surface area contributed by atoms with Crippen LogP contribution >= 0.6 is 24.0 Å². The molecular formula is C18H18Cl2N4O2. The number of carbonyl (C=O) groups is 1. The van der Waals surface area contributed by atoms with Crippen LogP contribution in [0.4, 0.5) is 0 Å². The van der Waals surface area contributed by atoms with Crippen LogP contribution in [0.2, 0.25) is 5.02 Å². The van der Waals surface area contributed by atoms with Gasteiger partial charge in [-0.25, -0.2) is 4.98 Å². The molecule has 1 aliphatic heterocycles. The van der Waals surface area contributed by atoms with Gasteiger partial charge in [0.1, 0.15) is 0 Å². The molecule has 3 heterocycles. The Labute approximate surface area is 161 Å². The summed E-state index contributed by atoms with van der Waals surface area (Å²) in [5.74, 6) is -0.0681. The molecule has 0 aliphatic carbocycles. The number of carbonyl (C=O) groups excluding carboxylic acids is 1. The highest BCUT2D eigenvalue weighted by molar-refractivity contribution is 6.31. The normalized spacial score (nSPS) is 17.2. The quantitative estimate of drug-likeness (QED) is 0.723. The van der Waals surface area contributed by atoms with E-state index in [0.717, 1.165) is 23.2 Å². The predicted molar refractivity (Wildman–Crippen MR) is 102 cm³/mol. The van der Waals surface area contributed by atoms with Gasteiger partial charge in [-0.1, -0.05) is 35.0 Å². The van der Waals surface area contributed by atoms with Gasteiger partial charge >= 0.3 is 0 Å². The smallest absolute Gasteiger partial charge is 0.257 e. The van der Waals surface area contributed by atoms with E-state index in [1.54, 1.807) is 12.3 Å². The van der Waals surface area contributed by atoms with Crippen LogP contribution in [0.25, 0.3) is 11.1 Å². The third-order valence-corrected chi connectivity index (χ3v) is 4.87. The van der Waals surface area contributed by atoms with Crippen LogP contribution in [0.15, 0.2) is 41.1 Å². The highest BCUT2D eigenvalue weighted by Gasteiger charge is 2.30. The average molecular weight is 393 g/mol. The van der Waals surface area contributed by atoms with Crippen LogP contribution in [0.3, 0.4) is 0 Å². The monoisotopic (exact) mass is 392 g/mol. The fourth-order valence-electron chi connectivity index (χ4n) is 3.20. The first-order chi connectivity index (χ1) is 12.1. The van der Waals surface area contributed by atoms with Gasteiger partial charge in [-0.15, -0.1) is 12.4 Å². The highest BCUT2D eigenvalue weighted by Crippen LogP contribution is 2.30. The Kier molecular flexibility index (Phi) is 5.46. The number of hydrogen-bond acceptors (Lipinski definition) is 5. The minimum Gasteiger partial charge on any atom is -0.336 e. The van der Waals surface area contributed by atoms with Crippen molar-refractivity contribution in [3.63, 3.8) is 0 Å². The molecule has 136 valence electrons. The number of aryl methyl sites for hydroxylation is 1. The van der Waals surface area contributed by atoms with Gasteiger partial charge in [0.2, 0.25) is 0 Å². The molecule has 1 saturated heterocycles. The first-order valence-corrected chi connectivity index (χ1v) is 8.51. The van der Waals surface area contributed by atoms with E-state index >= 15 is 0 Å². The molecule has 1 aliphatic rings. The van der Waals surface area contributed by atoms with Crippen molar-refractivity contribution in [3.05, 3.63) is 58.4 Å². The molecule has 0 bridgehead atoms. The summed E-state index contributed by atoms with van der Waals surface area (Å²) in [7, 11) is 0. The lowest BCUT2D eigenvalue weighted by atomic mass is 10.0. The maximum absolute atomic E-state index is 13.1. The third-order valence-electron chi connectivity index (χ3n) is 4.53. The molecule has 1 amide bonds. The summed E-state index contributed by atoms with van der Waals surface area (Å²) in [6, 6.07) is 9.32. The number of aromatic nitrogens is 2. The molecule has 1 unspecified atom stereocenters. The molecule has 26 heavy (non-hydrogen) atoms. The summed E-state index contributed by atoms with van der Waals surface area (Å²) in [6.45, 7) is 3.85. The van der Waals surface area contributed by atoms with Crippen molar-refractivity contribution in [1.82, 2.24) is 20.4 Å². The average Bonchev–Trinajstić information content (AvgIpc) is 3.02. The summed E-state index contributed by atoms with van der Waals surface area (Å²) >= 11 is 6.36. The molecule has 1 aromatic carbocycles. The molecule has 6 nitrogen and oxygen atoms in total. The highest BCUT2D eigenvalue weighted by atomic mass is 35.5. The van der Waals surface area contributed by atoms with Gasteiger partial charge in [0.15, 0.2) is 0 Å². The lowest BCUT2D eigenvalue weighted by Crippen LogP contribution is -2.48. The zero-order chi connectivity index (χ0) is 17.4. The van der Waals surface area contributed by atoms with E-state index in [1.165, 1.54) is 0 Å². The Morgan fingerprint density at radius 3 is 3.00 bits per heavy atom. The van der Waals surface area contributed by atoms with Crippen LogP contribution in [0.1, 0.15) is 27.7 Å². The van der Waals surface area contributed by atoms with Gasteiger partial charge in [0.05, 0.1) is 22.7 Å². The number of piperazine rings is 1. The van der Waals surface area contributed by atoms with E-state index in [2.05, 4.69) is 15.5 Å². The number of rotatable bonds is 2. The van der Waals surface area contributed by atoms with Gasteiger partial charge in [0.25, 0.3) is 11.6 Å². The van der Waals surface area contributed by atoms with E-state index < -0.39 is 0 Å². The number of nitrogens with zero attached hydrogens (tertiary/aromatic N) is 3. The number of pyridine rings is 1. The van der Waals surface area contributed by atoms with Crippen LogP contribution in [0, 0.1) is 6.92 Å². The lowest BCUT2D eigenvalue weighted by molar-refractivity contribution is 0.0634. The van der Waals surface area contributed by atoms with Crippen molar-refractivity contribution in [3.8, 4) is 0 Å². The van der Waals surface area contributed by atoms with Crippen molar-refractivity contribution in [1.29, 1.82) is 0 Å². The Balaban J connectivity index is 0.00000196. The van der Waals surface area contributed by atoms with Gasteiger partial charge in [-0.3, -0.25) is 4.79 Å². The largest absolute Gasteiger partial charge is 0.336 e. The minimum absolute atomic E-state index is 0. The van der Waals surface area contributed by atoms with Crippen molar-refractivity contribution in [2.45, 2.75) is 13.0 Å². The number of fused-ring (bicyclic) bond motifs is 1. The van der Waals surface area contributed by atoms with E-state index in [9.17, 15) is 4.79 Å². The zero-order valence-electron chi connectivity index (χ0n) is 14.1. The zero-order valence-corrected chi connectivity index (χ0v) is 15.7. The molecule has 0 radical (unpaired) electrons. The van der Waals surface area contributed by atoms with Gasteiger partial charge in [0, 0.05) is 30.9 Å². The fraction of sp³-hybridized carbons (Fsp3) is 0.278. The number of benzene rings is 1. The fourth-order valence-corrected chi connectivity index (χ4v) is 3.46. The lowest BCUT2D eigenvalue weighted by Gasteiger charge is -2.37. The molecule has 3 aromatic rings. The number of hydrogen-bond donors (Lipinski definition) is 1. The summed E-state index contributed by atoms with van der Waals surface area (Å²) in [5.41, 5.74) is 2.63. The van der Waals surface area contributed by atoms with Crippen molar-refractivity contribution < 1.29 is 9.32 Å². The second kappa shape index (κ2) is 7.61. The number of amides is 1. The number of nitrogens with one attached hydrogen (secondary N) is 1. The van der Waals surface area contributed by atoms with Gasteiger partial charge in [-0.05, 0) is 24.6 Å². The third kappa shape index (κ3) is 3.28. The molecular weight excluding hydrogens is 375 g/mol. The Bertz CT molecular complexity index is 944. The van der Waals surface area contributed by atoms with Crippen LogP contribution in [0.5, 0.6) is 0 Å². The topological polar surface area (TPSA) is 71.3 Å². The van der Waals surface area contributed by atoms with E-state index in [0.29, 0.717) is 29.4 Å². The van der Waals surface area contributed by atoms with E-state index in [4.69, 9.17) is 16.1 Å². The van der Waals surface area contributed by atoms with Gasteiger partial charge < -0.3 is 14.7 Å². The van der Waals surface area contributed by atoms with Crippen molar-refractivity contribution >= 4 is 41.0 Å². The molecule has 1 N–H and O–H groups in total. The first-order valence-electron chi connectivity index (χ1n) is 8.13. The molecule has 4 rings (SSSR count). The second-order valence-corrected chi connectivity index (χ2v) is 6.49. The SMILES string of the molecule is Cc1noc2ncc(C(=O)N3CCNCC3c3ccccc3Cl)cc12.Cl. The first kappa shape index (κ1) is 18.6. The molecule has 1 fully saturated rings. The maximum atomic E-state index is 13.1. The molecule has 0 spiro atoms. The van der Waals surface area contributed by atoms with Crippen LogP contribution in [-0.4, -0.2) is 40.6 Å².